The highest BCUT2D eigenvalue weighted by Gasteiger charge is 2.31. The number of carbonyl (C=O) groups excluding carboxylic acids is 1. The highest BCUT2D eigenvalue weighted by Crippen LogP contribution is 2.31. The van der Waals surface area contributed by atoms with Gasteiger partial charge in [-0.1, -0.05) is 18.2 Å². The highest BCUT2D eigenvalue weighted by atomic mass is 32.2. The molecule has 0 heterocycles. The van der Waals surface area contributed by atoms with Gasteiger partial charge < -0.3 is 5.32 Å². The van der Waals surface area contributed by atoms with Crippen molar-refractivity contribution in [3.8, 4) is 0 Å². The first-order chi connectivity index (χ1) is 13.3. The summed E-state index contributed by atoms with van der Waals surface area (Å²) in [7, 11) is -3.88. The fourth-order valence-corrected chi connectivity index (χ4v) is 3.61. The predicted octanol–water partition coefficient (Wildman–Crippen LogP) is 3.97. The largest absolute Gasteiger partial charge is 0.416 e. The maximum absolute atomic E-state index is 12.7. The second kappa shape index (κ2) is 8.44. The second-order valence-electron chi connectivity index (χ2n) is 6.95. The molecule has 1 N–H and O–H groups in total. The molecule has 5 nitrogen and oxygen atoms in total. The van der Waals surface area contributed by atoms with E-state index in [2.05, 4.69) is 5.32 Å². The van der Waals surface area contributed by atoms with Crippen molar-refractivity contribution in [3.05, 3.63) is 64.7 Å². The molecule has 0 saturated heterocycles. The average Bonchev–Trinajstić information content (AvgIpc) is 2.60. The molecule has 0 spiro atoms. The van der Waals surface area contributed by atoms with Gasteiger partial charge in [0, 0.05) is 0 Å². The van der Waals surface area contributed by atoms with Crippen molar-refractivity contribution >= 4 is 21.6 Å². The van der Waals surface area contributed by atoms with Crippen molar-refractivity contribution in [1.29, 1.82) is 0 Å². The fraction of sp³-hybridized carbons (Fsp3) is 0.350. The van der Waals surface area contributed by atoms with Crippen LogP contribution in [0.5, 0.6) is 0 Å². The van der Waals surface area contributed by atoms with Gasteiger partial charge in [-0.3, -0.25) is 9.10 Å². The molecule has 158 valence electrons. The molecule has 1 amide bonds. The first kappa shape index (κ1) is 22.7. The van der Waals surface area contributed by atoms with Gasteiger partial charge in [0.1, 0.15) is 6.54 Å². The zero-order valence-electron chi connectivity index (χ0n) is 16.5. The molecule has 0 aliphatic rings. The Morgan fingerprint density at radius 2 is 1.66 bits per heavy atom. The molecule has 0 fully saturated rings. The number of nitrogens with one attached hydrogen (secondary N) is 1. The van der Waals surface area contributed by atoms with E-state index in [4.69, 9.17) is 0 Å². The summed E-state index contributed by atoms with van der Waals surface area (Å²) in [6.45, 7) is 5.14. The van der Waals surface area contributed by atoms with Gasteiger partial charge in [0.2, 0.25) is 15.9 Å². The molecule has 1 atom stereocenters. The van der Waals surface area contributed by atoms with Crippen LogP contribution in [0.3, 0.4) is 0 Å². The van der Waals surface area contributed by atoms with E-state index in [0.29, 0.717) is 0 Å². The Morgan fingerprint density at radius 1 is 1.07 bits per heavy atom. The first-order valence-corrected chi connectivity index (χ1v) is 10.7. The van der Waals surface area contributed by atoms with Crippen molar-refractivity contribution in [1.82, 2.24) is 5.32 Å². The molecule has 0 aliphatic heterocycles. The zero-order chi connectivity index (χ0) is 22.0. The van der Waals surface area contributed by atoms with Crippen LogP contribution in [0.25, 0.3) is 0 Å². The van der Waals surface area contributed by atoms with Crippen LogP contribution in [0.1, 0.15) is 35.2 Å². The minimum atomic E-state index is -4.53. The van der Waals surface area contributed by atoms with E-state index in [9.17, 15) is 26.4 Å². The number of benzene rings is 2. The molecule has 0 unspecified atom stereocenters. The number of rotatable bonds is 6. The van der Waals surface area contributed by atoms with E-state index < -0.39 is 34.2 Å². The summed E-state index contributed by atoms with van der Waals surface area (Å²) in [5.74, 6) is -0.568. The average molecular weight is 428 g/mol. The molecule has 0 radical (unpaired) electrons. The normalized spacial score (nSPS) is 13.1. The number of aryl methyl sites for hydroxylation is 2. The second-order valence-corrected chi connectivity index (χ2v) is 8.85. The summed E-state index contributed by atoms with van der Waals surface area (Å²) in [6, 6.07) is 9.00. The topological polar surface area (TPSA) is 66.5 Å². The third kappa shape index (κ3) is 5.96. The van der Waals surface area contributed by atoms with Crippen LogP contribution >= 0.6 is 0 Å². The number of nitrogens with zero attached hydrogens (tertiary/aromatic N) is 1. The zero-order valence-corrected chi connectivity index (χ0v) is 17.4. The van der Waals surface area contributed by atoms with Crippen LogP contribution in [0.2, 0.25) is 0 Å². The van der Waals surface area contributed by atoms with Gasteiger partial charge >= 0.3 is 6.18 Å². The van der Waals surface area contributed by atoms with E-state index in [0.717, 1.165) is 51.5 Å². The van der Waals surface area contributed by atoms with Gasteiger partial charge in [-0.2, -0.15) is 13.2 Å². The number of alkyl halides is 3. The van der Waals surface area contributed by atoms with Gasteiger partial charge in [0.05, 0.1) is 23.5 Å². The van der Waals surface area contributed by atoms with Crippen LogP contribution in [0.4, 0.5) is 18.9 Å². The smallest absolute Gasteiger partial charge is 0.348 e. The summed E-state index contributed by atoms with van der Waals surface area (Å²) in [6.07, 6.45) is -3.64. The Hall–Kier alpha value is -2.55. The van der Waals surface area contributed by atoms with E-state index >= 15 is 0 Å². The molecule has 2 aromatic carbocycles. The van der Waals surface area contributed by atoms with Crippen molar-refractivity contribution < 1.29 is 26.4 Å². The van der Waals surface area contributed by atoms with Crippen molar-refractivity contribution in [2.24, 2.45) is 0 Å². The van der Waals surface area contributed by atoms with Gasteiger partial charge in [-0.25, -0.2) is 8.42 Å². The van der Waals surface area contributed by atoms with Crippen LogP contribution in [-0.4, -0.2) is 27.1 Å². The lowest BCUT2D eigenvalue weighted by Gasteiger charge is -2.24. The summed E-state index contributed by atoms with van der Waals surface area (Å²) < 4.78 is 63.2. The lowest BCUT2D eigenvalue weighted by molar-refractivity contribution is -0.137. The number of hydrogen-bond acceptors (Lipinski definition) is 3. The number of halogens is 3. The summed E-state index contributed by atoms with van der Waals surface area (Å²) in [5.41, 5.74) is 2.11. The molecular formula is C20H23F3N2O3S. The van der Waals surface area contributed by atoms with Crippen molar-refractivity contribution in [2.75, 3.05) is 17.1 Å². The standard InChI is InChI=1S/C20H23F3N2O3S/c1-13-5-6-16(11-14(13)2)15(3)24-19(26)12-25(29(4,27)28)18-9-7-17(8-10-18)20(21,22)23/h5-11,15H,12H2,1-4H3,(H,24,26)/t15-/m1/s1. The maximum atomic E-state index is 12.7. The Kier molecular flexibility index (Phi) is 6.62. The number of hydrogen-bond donors (Lipinski definition) is 1. The third-order valence-electron chi connectivity index (χ3n) is 4.58. The lowest BCUT2D eigenvalue weighted by atomic mass is 10.0. The molecule has 29 heavy (non-hydrogen) atoms. The maximum Gasteiger partial charge on any atom is 0.416 e. The summed E-state index contributed by atoms with van der Waals surface area (Å²) in [5, 5.41) is 2.73. The van der Waals surface area contributed by atoms with Crippen LogP contribution in [0, 0.1) is 13.8 Å². The van der Waals surface area contributed by atoms with E-state index in [-0.39, 0.29) is 11.7 Å². The van der Waals surface area contributed by atoms with Crippen molar-refractivity contribution in [3.63, 3.8) is 0 Å². The van der Waals surface area contributed by atoms with Crippen LogP contribution in [-0.2, 0) is 21.0 Å². The van der Waals surface area contributed by atoms with Crippen LogP contribution < -0.4 is 9.62 Å². The molecular weight excluding hydrogens is 405 g/mol. The lowest BCUT2D eigenvalue weighted by Crippen LogP contribution is -2.41. The molecule has 0 aliphatic carbocycles. The monoisotopic (exact) mass is 428 g/mol. The quantitative estimate of drug-likeness (QED) is 0.757. The Balaban J connectivity index is 2.18. The summed E-state index contributed by atoms with van der Waals surface area (Å²) >= 11 is 0. The minimum Gasteiger partial charge on any atom is -0.348 e. The Labute approximate surface area is 168 Å². The van der Waals surface area contributed by atoms with E-state index in [1.54, 1.807) is 6.92 Å². The molecule has 0 aromatic heterocycles. The Bertz CT molecular complexity index is 987. The number of sulfonamides is 1. The van der Waals surface area contributed by atoms with Gasteiger partial charge in [0.15, 0.2) is 0 Å². The van der Waals surface area contributed by atoms with Crippen LogP contribution in [0.15, 0.2) is 42.5 Å². The molecule has 0 saturated carbocycles. The minimum absolute atomic E-state index is 0.0190. The number of carbonyl (C=O) groups is 1. The molecule has 9 heteroatoms. The highest BCUT2D eigenvalue weighted by molar-refractivity contribution is 7.92. The summed E-state index contributed by atoms with van der Waals surface area (Å²) in [4.78, 5) is 12.4. The van der Waals surface area contributed by atoms with Gasteiger partial charge in [0.25, 0.3) is 0 Å². The third-order valence-corrected chi connectivity index (χ3v) is 5.72. The molecule has 2 aromatic rings. The van der Waals surface area contributed by atoms with E-state index in [1.807, 2.05) is 32.0 Å². The number of anilines is 1. The van der Waals surface area contributed by atoms with Gasteiger partial charge in [-0.05, 0) is 61.7 Å². The molecule has 2 rings (SSSR count). The predicted molar refractivity (Wildman–Crippen MR) is 106 cm³/mol. The SMILES string of the molecule is Cc1ccc([C@@H](C)NC(=O)CN(c2ccc(C(F)(F)F)cc2)S(C)(=O)=O)cc1C. The molecule has 0 bridgehead atoms. The van der Waals surface area contributed by atoms with E-state index in [1.165, 1.54) is 0 Å². The van der Waals surface area contributed by atoms with Gasteiger partial charge in [-0.15, -0.1) is 0 Å². The number of amides is 1. The fourth-order valence-electron chi connectivity index (χ4n) is 2.75. The first-order valence-electron chi connectivity index (χ1n) is 8.80. The Morgan fingerprint density at radius 3 is 2.14 bits per heavy atom. The van der Waals surface area contributed by atoms with Crippen molar-refractivity contribution in [2.45, 2.75) is 33.0 Å².